The van der Waals surface area contributed by atoms with Crippen LogP contribution in [0.25, 0.3) is 0 Å². The second kappa shape index (κ2) is 7.41. The molecular formula is C18H19Cl2N3O. The van der Waals surface area contributed by atoms with Gasteiger partial charge in [0.1, 0.15) is 5.15 Å². The zero-order chi connectivity index (χ0) is 17.1. The summed E-state index contributed by atoms with van der Waals surface area (Å²) in [6.45, 7) is 4.11. The van der Waals surface area contributed by atoms with Crippen LogP contribution in [0.2, 0.25) is 10.2 Å². The molecule has 0 unspecified atom stereocenters. The van der Waals surface area contributed by atoms with Gasteiger partial charge in [0, 0.05) is 42.6 Å². The van der Waals surface area contributed by atoms with Gasteiger partial charge in [0.25, 0.3) is 5.91 Å². The summed E-state index contributed by atoms with van der Waals surface area (Å²) in [5, 5.41) is 4.29. The molecule has 0 radical (unpaired) electrons. The van der Waals surface area contributed by atoms with E-state index in [2.05, 4.69) is 17.2 Å². The molecule has 0 saturated carbocycles. The molecule has 1 aliphatic rings. The van der Waals surface area contributed by atoms with E-state index in [1.807, 2.05) is 23.1 Å². The number of unbranched alkanes of at least 4 members (excludes halogenated alkanes) is 1. The average molecular weight is 364 g/mol. The Morgan fingerprint density at radius 3 is 2.88 bits per heavy atom. The van der Waals surface area contributed by atoms with Crippen LogP contribution in [0.1, 0.15) is 41.3 Å². The second-order valence-corrected chi connectivity index (χ2v) is 6.63. The van der Waals surface area contributed by atoms with Crippen molar-refractivity contribution < 1.29 is 4.79 Å². The highest BCUT2D eigenvalue weighted by molar-refractivity contribution is 6.35. The minimum Gasteiger partial charge on any atom is -0.381 e. The highest BCUT2D eigenvalue weighted by Gasteiger charge is 2.26. The van der Waals surface area contributed by atoms with Gasteiger partial charge in [-0.2, -0.15) is 0 Å². The van der Waals surface area contributed by atoms with Crippen molar-refractivity contribution in [2.75, 3.05) is 11.9 Å². The van der Waals surface area contributed by atoms with E-state index in [1.54, 1.807) is 12.3 Å². The van der Waals surface area contributed by atoms with Gasteiger partial charge in [0.15, 0.2) is 0 Å². The molecule has 2 heterocycles. The highest BCUT2D eigenvalue weighted by atomic mass is 35.5. The summed E-state index contributed by atoms with van der Waals surface area (Å²) >= 11 is 12.2. The van der Waals surface area contributed by atoms with E-state index in [0.717, 1.165) is 41.8 Å². The topological polar surface area (TPSA) is 45.2 Å². The fourth-order valence-electron chi connectivity index (χ4n) is 2.81. The minimum absolute atomic E-state index is 0.128. The lowest BCUT2D eigenvalue weighted by molar-refractivity contribution is 0.0776. The van der Waals surface area contributed by atoms with Crippen molar-refractivity contribution >= 4 is 34.8 Å². The number of rotatable bonds is 6. The van der Waals surface area contributed by atoms with Gasteiger partial charge < -0.3 is 10.2 Å². The molecular weight excluding hydrogens is 345 g/mol. The number of amides is 1. The molecule has 0 saturated heterocycles. The Bertz CT molecular complexity index is 744. The van der Waals surface area contributed by atoms with Crippen LogP contribution in [-0.2, 0) is 13.1 Å². The minimum atomic E-state index is 0.128. The van der Waals surface area contributed by atoms with Crippen molar-refractivity contribution in [3.05, 3.63) is 57.3 Å². The SMILES string of the molecule is CCCCN1Cc2cc(NCc3c(Cl)ccnc3Cl)ccc2C1=O. The number of aromatic nitrogens is 1. The number of pyridine rings is 1. The van der Waals surface area contributed by atoms with Gasteiger partial charge in [-0.1, -0.05) is 36.5 Å². The van der Waals surface area contributed by atoms with Gasteiger partial charge in [-0.3, -0.25) is 4.79 Å². The van der Waals surface area contributed by atoms with Gasteiger partial charge in [-0.05, 0) is 36.2 Å². The summed E-state index contributed by atoms with van der Waals surface area (Å²) in [6, 6.07) is 7.55. The third kappa shape index (κ3) is 3.50. The number of hydrogen-bond acceptors (Lipinski definition) is 3. The Kier molecular flexibility index (Phi) is 5.27. The lowest BCUT2D eigenvalue weighted by Crippen LogP contribution is -2.24. The predicted octanol–water partition coefficient (Wildman–Crippen LogP) is 4.76. The molecule has 0 bridgehead atoms. The summed E-state index contributed by atoms with van der Waals surface area (Å²) in [5.74, 6) is 0.128. The van der Waals surface area contributed by atoms with Gasteiger partial charge in [0.05, 0.1) is 5.02 Å². The van der Waals surface area contributed by atoms with Gasteiger partial charge in [-0.25, -0.2) is 4.98 Å². The Morgan fingerprint density at radius 2 is 2.12 bits per heavy atom. The number of carbonyl (C=O) groups excluding carboxylic acids is 1. The van der Waals surface area contributed by atoms with Crippen molar-refractivity contribution in [2.45, 2.75) is 32.9 Å². The molecule has 1 aromatic heterocycles. The molecule has 4 nitrogen and oxygen atoms in total. The highest BCUT2D eigenvalue weighted by Crippen LogP contribution is 2.27. The Morgan fingerprint density at radius 1 is 1.29 bits per heavy atom. The molecule has 24 heavy (non-hydrogen) atoms. The molecule has 1 amide bonds. The van der Waals surface area contributed by atoms with E-state index < -0.39 is 0 Å². The summed E-state index contributed by atoms with van der Waals surface area (Å²) in [7, 11) is 0. The maximum absolute atomic E-state index is 12.3. The van der Waals surface area contributed by atoms with Crippen LogP contribution in [0.4, 0.5) is 5.69 Å². The molecule has 3 rings (SSSR count). The van der Waals surface area contributed by atoms with Crippen molar-refractivity contribution in [1.82, 2.24) is 9.88 Å². The number of nitrogens with zero attached hydrogens (tertiary/aromatic N) is 2. The first-order valence-electron chi connectivity index (χ1n) is 8.05. The van der Waals surface area contributed by atoms with Crippen molar-refractivity contribution in [1.29, 1.82) is 0 Å². The van der Waals surface area contributed by atoms with E-state index in [9.17, 15) is 4.79 Å². The molecule has 126 valence electrons. The Balaban J connectivity index is 1.71. The Hall–Kier alpha value is -1.78. The van der Waals surface area contributed by atoms with E-state index in [-0.39, 0.29) is 5.91 Å². The first kappa shape index (κ1) is 17.1. The van der Waals surface area contributed by atoms with Gasteiger partial charge in [0.2, 0.25) is 0 Å². The van der Waals surface area contributed by atoms with Crippen LogP contribution in [-0.4, -0.2) is 22.3 Å². The van der Waals surface area contributed by atoms with E-state index in [0.29, 0.717) is 23.3 Å². The molecule has 1 aromatic carbocycles. The fraction of sp³-hybridized carbons (Fsp3) is 0.333. The summed E-state index contributed by atoms with van der Waals surface area (Å²) < 4.78 is 0. The lowest BCUT2D eigenvalue weighted by atomic mass is 10.1. The quantitative estimate of drug-likeness (QED) is 0.752. The monoisotopic (exact) mass is 363 g/mol. The normalized spacial score (nSPS) is 13.3. The number of nitrogens with one attached hydrogen (secondary N) is 1. The first-order valence-corrected chi connectivity index (χ1v) is 8.80. The van der Waals surface area contributed by atoms with Crippen LogP contribution in [0.15, 0.2) is 30.5 Å². The van der Waals surface area contributed by atoms with Gasteiger partial charge >= 0.3 is 0 Å². The summed E-state index contributed by atoms with van der Waals surface area (Å²) in [6.07, 6.45) is 3.70. The molecule has 0 spiro atoms. The van der Waals surface area contributed by atoms with Crippen LogP contribution < -0.4 is 5.32 Å². The molecule has 6 heteroatoms. The summed E-state index contributed by atoms with van der Waals surface area (Å²) in [5.41, 5.74) is 3.57. The third-order valence-corrected chi connectivity index (χ3v) is 4.86. The zero-order valence-corrected chi connectivity index (χ0v) is 15.0. The molecule has 0 atom stereocenters. The van der Waals surface area contributed by atoms with Crippen molar-refractivity contribution in [3.63, 3.8) is 0 Å². The largest absolute Gasteiger partial charge is 0.381 e. The molecule has 1 aliphatic heterocycles. The fourth-order valence-corrected chi connectivity index (χ4v) is 3.30. The molecule has 0 fully saturated rings. The molecule has 2 aromatic rings. The number of hydrogen-bond donors (Lipinski definition) is 1. The standard InChI is InChI=1S/C18H19Cl2N3O/c1-2-3-8-23-11-12-9-13(4-5-14(12)18(23)24)22-10-15-16(19)6-7-21-17(15)20/h4-7,9,22H,2-3,8,10-11H2,1H3. The average Bonchev–Trinajstić information content (AvgIpc) is 2.88. The van der Waals surface area contributed by atoms with E-state index in [1.165, 1.54) is 0 Å². The number of halogens is 2. The van der Waals surface area contributed by atoms with Crippen molar-refractivity contribution in [2.24, 2.45) is 0 Å². The second-order valence-electron chi connectivity index (χ2n) is 5.87. The number of fused-ring (bicyclic) bond motifs is 1. The third-order valence-electron chi connectivity index (χ3n) is 4.18. The van der Waals surface area contributed by atoms with E-state index >= 15 is 0 Å². The summed E-state index contributed by atoms with van der Waals surface area (Å²) in [4.78, 5) is 18.3. The zero-order valence-electron chi connectivity index (χ0n) is 13.5. The lowest BCUT2D eigenvalue weighted by Gasteiger charge is -2.14. The maximum atomic E-state index is 12.3. The first-order chi connectivity index (χ1) is 11.6. The molecule has 0 aliphatic carbocycles. The van der Waals surface area contributed by atoms with Crippen LogP contribution in [0.3, 0.4) is 0 Å². The van der Waals surface area contributed by atoms with Gasteiger partial charge in [-0.15, -0.1) is 0 Å². The Labute approximate surface area is 151 Å². The van der Waals surface area contributed by atoms with Crippen LogP contribution in [0, 0.1) is 0 Å². The molecule has 1 N–H and O–H groups in total. The van der Waals surface area contributed by atoms with Crippen LogP contribution in [0.5, 0.6) is 0 Å². The number of anilines is 1. The van der Waals surface area contributed by atoms with Crippen LogP contribution >= 0.6 is 23.2 Å². The maximum Gasteiger partial charge on any atom is 0.254 e. The number of benzene rings is 1. The van der Waals surface area contributed by atoms with E-state index in [4.69, 9.17) is 23.2 Å². The van der Waals surface area contributed by atoms with Crippen molar-refractivity contribution in [3.8, 4) is 0 Å². The smallest absolute Gasteiger partial charge is 0.254 e. The number of carbonyl (C=O) groups is 1. The predicted molar refractivity (Wildman–Crippen MR) is 97.7 cm³/mol.